The minimum Gasteiger partial charge on any atom is -0.321 e. The zero-order valence-electron chi connectivity index (χ0n) is 11.3. The van der Waals surface area contributed by atoms with E-state index < -0.39 is 5.91 Å². The number of nitrogens with one attached hydrogen (secondary N) is 1. The van der Waals surface area contributed by atoms with Gasteiger partial charge in [-0.3, -0.25) is 9.78 Å². The standard InChI is InChI=1S/C16H12ClN3O/c1-11-2-3-14(17)9-15(11)20-16(21)13(10-18)8-12-4-6-19-7-5-12/h2-9H,1H3,(H,20,21)/b13-8+. The Labute approximate surface area is 127 Å². The predicted octanol–water partition coefficient (Wildman–Crippen LogP) is 3.59. The molecule has 0 aliphatic heterocycles. The molecule has 0 bridgehead atoms. The van der Waals surface area contributed by atoms with E-state index in [0.717, 1.165) is 11.1 Å². The quantitative estimate of drug-likeness (QED) is 0.695. The van der Waals surface area contributed by atoms with Gasteiger partial charge in [-0.25, -0.2) is 0 Å². The normalized spacial score (nSPS) is 10.8. The van der Waals surface area contributed by atoms with Crippen LogP contribution in [0.3, 0.4) is 0 Å². The van der Waals surface area contributed by atoms with Gasteiger partial charge in [-0.1, -0.05) is 17.7 Å². The molecule has 104 valence electrons. The first-order valence-electron chi connectivity index (χ1n) is 6.19. The Hall–Kier alpha value is -2.64. The average molecular weight is 298 g/mol. The number of anilines is 1. The number of aromatic nitrogens is 1. The van der Waals surface area contributed by atoms with Crippen molar-refractivity contribution >= 4 is 29.3 Å². The van der Waals surface area contributed by atoms with Crippen LogP contribution in [0.4, 0.5) is 5.69 Å². The predicted molar refractivity (Wildman–Crippen MR) is 82.6 cm³/mol. The molecule has 1 aromatic heterocycles. The lowest BCUT2D eigenvalue weighted by Crippen LogP contribution is -2.14. The molecule has 5 heteroatoms. The van der Waals surface area contributed by atoms with Crippen molar-refractivity contribution in [3.05, 3.63) is 64.4 Å². The van der Waals surface area contributed by atoms with Crippen LogP contribution in [0.15, 0.2) is 48.3 Å². The molecule has 0 atom stereocenters. The lowest BCUT2D eigenvalue weighted by molar-refractivity contribution is -0.112. The highest BCUT2D eigenvalue weighted by Gasteiger charge is 2.11. The summed E-state index contributed by atoms with van der Waals surface area (Å²) in [6.07, 6.45) is 4.70. The molecule has 2 aromatic rings. The molecule has 0 unspecified atom stereocenters. The van der Waals surface area contributed by atoms with Crippen molar-refractivity contribution in [1.82, 2.24) is 4.98 Å². The van der Waals surface area contributed by atoms with Gasteiger partial charge in [0, 0.05) is 23.1 Å². The molecule has 0 aliphatic carbocycles. The van der Waals surface area contributed by atoms with Gasteiger partial charge in [0.2, 0.25) is 0 Å². The molecule has 0 aliphatic rings. The molecule has 1 N–H and O–H groups in total. The molecule has 1 amide bonds. The van der Waals surface area contributed by atoms with Crippen molar-refractivity contribution in [1.29, 1.82) is 5.26 Å². The number of halogens is 1. The van der Waals surface area contributed by atoms with E-state index in [1.54, 1.807) is 42.7 Å². The second kappa shape index (κ2) is 6.69. The van der Waals surface area contributed by atoms with E-state index in [0.29, 0.717) is 10.7 Å². The minimum absolute atomic E-state index is 0.0144. The molecule has 0 fully saturated rings. The number of rotatable bonds is 3. The fourth-order valence-electron chi connectivity index (χ4n) is 1.69. The Bertz CT molecular complexity index is 733. The number of hydrogen-bond donors (Lipinski definition) is 1. The number of nitrogens with zero attached hydrogens (tertiary/aromatic N) is 2. The Balaban J connectivity index is 2.24. The highest BCUT2D eigenvalue weighted by molar-refractivity contribution is 6.31. The molecule has 0 spiro atoms. The lowest BCUT2D eigenvalue weighted by Gasteiger charge is -2.08. The van der Waals surface area contributed by atoms with Crippen LogP contribution in [-0.4, -0.2) is 10.9 Å². The van der Waals surface area contributed by atoms with Crippen LogP contribution in [-0.2, 0) is 4.79 Å². The second-order valence-electron chi connectivity index (χ2n) is 4.36. The summed E-state index contributed by atoms with van der Waals surface area (Å²) in [4.78, 5) is 16.0. The second-order valence-corrected chi connectivity index (χ2v) is 4.80. The Morgan fingerprint density at radius 3 is 2.71 bits per heavy atom. The maximum atomic E-state index is 12.2. The maximum absolute atomic E-state index is 12.2. The summed E-state index contributed by atoms with van der Waals surface area (Å²) in [5.41, 5.74) is 2.21. The smallest absolute Gasteiger partial charge is 0.266 e. The first kappa shape index (κ1) is 14.8. The third kappa shape index (κ3) is 3.91. The molecule has 0 saturated carbocycles. The SMILES string of the molecule is Cc1ccc(Cl)cc1NC(=O)/C(C#N)=C/c1ccncc1. The van der Waals surface area contributed by atoms with Crippen LogP contribution < -0.4 is 5.32 Å². The van der Waals surface area contributed by atoms with E-state index >= 15 is 0 Å². The molecule has 0 saturated heterocycles. The summed E-state index contributed by atoms with van der Waals surface area (Å²) in [7, 11) is 0. The van der Waals surface area contributed by atoms with Gasteiger partial charge in [-0.2, -0.15) is 5.26 Å². The van der Waals surface area contributed by atoms with E-state index in [-0.39, 0.29) is 5.57 Å². The highest BCUT2D eigenvalue weighted by atomic mass is 35.5. The van der Waals surface area contributed by atoms with Gasteiger partial charge < -0.3 is 5.32 Å². The van der Waals surface area contributed by atoms with E-state index in [9.17, 15) is 4.79 Å². The van der Waals surface area contributed by atoms with Gasteiger partial charge in [0.05, 0.1) is 0 Å². The van der Waals surface area contributed by atoms with Crippen LogP contribution >= 0.6 is 11.6 Å². The van der Waals surface area contributed by atoms with Gasteiger partial charge in [0.1, 0.15) is 11.6 Å². The van der Waals surface area contributed by atoms with E-state index in [1.807, 2.05) is 13.0 Å². The zero-order chi connectivity index (χ0) is 15.2. The molecule has 1 heterocycles. The Kier molecular flexibility index (Phi) is 4.70. The van der Waals surface area contributed by atoms with E-state index in [4.69, 9.17) is 16.9 Å². The van der Waals surface area contributed by atoms with Crippen LogP contribution in [0.2, 0.25) is 5.02 Å². The van der Waals surface area contributed by atoms with Gasteiger partial charge in [0.15, 0.2) is 0 Å². The van der Waals surface area contributed by atoms with E-state index in [2.05, 4.69) is 10.3 Å². The largest absolute Gasteiger partial charge is 0.321 e. The van der Waals surface area contributed by atoms with Gasteiger partial charge >= 0.3 is 0 Å². The molecule has 1 aromatic carbocycles. The van der Waals surface area contributed by atoms with Crippen molar-refractivity contribution in [3.8, 4) is 6.07 Å². The highest BCUT2D eigenvalue weighted by Crippen LogP contribution is 2.21. The summed E-state index contributed by atoms with van der Waals surface area (Å²) in [6.45, 7) is 1.85. The molecular weight excluding hydrogens is 286 g/mol. The number of pyridine rings is 1. The Morgan fingerprint density at radius 2 is 2.05 bits per heavy atom. The van der Waals surface area contributed by atoms with Crippen molar-refractivity contribution in [2.45, 2.75) is 6.92 Å². The van der Waals surface area contributed by atoms with Gasteiger partial charge in [-0.05, 0) is 48.4 Å². The number of carbonyl (C=O) groups excluding carboxylic acids is 1. The average Bonchev–Trinajstić information content (AvgIpc) is 2.49. The number of benzene rings is 1. The summed E-state index contributed by atoms with van der Waals surface area (Å²) >= 11 is 5.91. The summed E-state index contributed by atoms with van der Waals surface area (Å²) in [6, 6.07) is 10.5. The number of aryl methyl sites for hydroxylation is 1. The number of carbonyl (C=O) groups is 1. The summed E-state index contributed by atoms with van der Waals surface area (Å²) in [5, 5.41) is 12.4. The topological polar surface area (TPSA) is 65.8 Å². The first-order chi connectivity index (χ1) is 10.1. The maximum Gasteiger partial charge on any atom is 0.266 e. The lowest BCUT2D eigenvalue weighted by atomic mass is 10.1. The van der Waals surface area contributed by atoms with Crippen LogP contribution in [0, 0.1) is 18.3 Å². The molecule has 21 heavy (non-hydrogen) atoms. The van der Waals surface area contributed by atoms with Crippen molar-refractivity contribution in [2.24, 2.45) is 0 Å². The summed E-state index contributed by atoms with van der Waals surface area (Å²) < 4.78 is 0. The third-order valence-corrected chi connectivity index (χ3v) is 3.07. The summed E-state index contributed by atoms with van der Waals surface area (Å²) in [5.74, 6) is -0.473. The van der Waals surface area contributed by atoms with Crippen molar-refractivity contribution in [2.75, 3.05) is 5.32 Å². The fraction of sp³-hybridized carbons (Fsp3) is 0.0625. The zero-order valence-corrected chi connectivity index (χ0v) is 12.1. The molecule has 0 radical (unpaired) electrons. The molecule has 4 nitrogen and oxygen atoms in total. The number of nitriles is 1. The van der Waals surface area contributed by atoms with Crippen molar-refractivity contribution in [3.63, 3.8) is 0 Å². The number of hydrogen-bond acceptors (Lipinski definition) is 3. The monoisotopic (exact) mass is 297 g/mol. The number of amides is 1. The third-order valence-electron chi connectivity index (χ3n) is 2.83. The Morgan fingerprint density at radius 1 is 1.33 bits per heavy atom. The molecule has 2 rings (SSSR count). The van der Waals surface area contributed by atoms with Gasteiger partial charge in [0.25, 0.3) is 5.91 Å². The van der Waals surface area contributed by atoms with Crippen LogP contribution in [0.25, 0.3) is 6.08 Å². The van der Waals surface area contributed by atoms with Gasteiger partial charge in [-0.15, -0.1) is 0 Å². The van der Waals surface area contributed by atoms with Crippen LogP contribution in [0.1, 0.15) is 11.1 Å². The first-order valence-corrected chi connectivity index (χ1v) is 6.57. The fourth-order valence-corrected chi connectivity index (χ4v) is 1.87. The molecular formula is C16H12ClN3O. The van der Waals surface area contributed by atoms with E-state index in [1.165, 1.54) is 6.08 Å². The van der Waals surface area contributed by atoms with Crippen LogP contribution in [0.5, 0.6) is 0 Å². The van der Waals surface area contributed by atoms with Crippen molar-refractivity contribution < 1.29 is 4.79 Å². The minimum atomic E-state index is -0.473.